The molecule has 1 N–H and O–H groups in total. The molecule has 0 saturated carbocycles. The Morgan fingerprint density at radius 1 is 1.32 bits per heavy atom. The lowest BCUT2D eigenvalue weighted by Gasteiger charge is -2.33. The maximum Gasteiger partial charge on any atom is 0.324 e. The van der Waals surface area contributed by atoms with Crippen LogP contribution in [0.3, 0.4) is 0 Å². The SMILES string of the molecule is C=CC/C(=N\N(CC(=O)O)C(C)N(C)/C(C)=N\C=C)C(C)=O. The van der Waals surface area contributed by atoms with E-state index >= 15 is 0 Å². The number of carboxylic acid groups (broad SMARTS) is 1. The van der Waals surface area contributed by atoms with E-state index in [9.17, 15) is 9.59 Å². The Balaban J connectivity index is 5.51. The molecule has 0 radical (unpaired) electrons. The lowest BCUT2D eigenvalue weighted by Crippen LogP contribution is -2.46. The van der Waals surface area contributed by atoms with Crippen LogP contribution in [0.1, 0.15) is 27.2 Å². The number of Topliss-reactive ketones (excluding diaryl/α,β-unsaturated/α-hetero) is 1. The van der Waals surface area contributed by atoms with Gasteiger partial charge >= 0.3 is 5.97 Å². The van der Waals surface area contributed by atoms with Crippen LogP contribution < -0.4 is 0 Å². The molecule has 1 unspecified atom stereocenters. The van der Waals surface area contributed by atoms with Gasteiger partial charge in [0.25, 0.3) is 0 Å². The molecule has 1 atom stereocenters. The van der Waals surface area contributed by atoms with Gasteiger partial charge in [0.05, 0.1) is 0 Å². The van der Waals surface area contributed by atoms with Crippen molar-refractivity contribution < 1.29 is 14.7 Å². The lowest BCUT2D eigenvalue weighted by molar-refractivity contribution is -0.139. The molecule has 0 aliphatic carbocycles. The molecular weight excluding hydrogens is 284 g/mol. The molecule has 7 nitrogen and oxygen atoms in total. The van der Waals surface area contributed by atoms with E-state index in [-0.39, 0.29) is 24.5 Å². The van der Waals surface area contributed by atoms with Gasteiger partial charge in [0.15, 0.2) is 5.78 Å². The number of carbonyl (C=O) groups is 2. The third-order valence-corrected chi connectivity index (χ3v) is 3.07. The summed E-state index contributed by atoms with van der Waals surface area (Å²) in [5, 5.41) is 14.6. The van der Waals surface area contributed by atoms with Gasteiger partial charge in [0.1, 0.15) is 24.3 Å². The molecule has 0 aromatic heterocycles. The van der Waals surface area contributed by atoms with E-state index in [1.807, 2.05) is 0 Å². The monoisotopic (exact) mass is 308 g/mol. The minimum Gasteiger partial charge on any atom is -0.480 e. The van der Waals surface area contributed by atoms with Crippen molar-refractivity contribution in [3.63, 3.8) is 0 Å². The van der Waals surface area contributed by atoms with E-state index < -0.39 is 12.1 Å². The number of carboxylic acids is 1. The Bertz CT molecular complexity index is 497. The highest BCUT2D eigenvalue weighted by molar-refractivity contribution is 6.39. The second kappa shape index (κ2) is 9.49. The topological polar surface area (TPSA) is 85.6 Å². The van der Waals surface area contributed by atoms with Crippen molar-refractivity contribution in [2.45, 2.75) is 33.4 Å². The predicted octanol–water partition coefficient (Wildman–Crippen LogP) is 1.73. The Hall–Kier alpha value is -2.44. The molecule has 0 spiro atoms. The molecule has 7 heteroatoms. The standard InChI is InChI=1S/C15H24N4O3/c1-7-9-14(11(3)20)17-19(10-15(21)22)13(5)18(6)12(4)16-8-2/h7-8,13H,1-2,9-10H2,3-6H3,(H,21,22)/b16-12-,17-14+. The van der Waals surface area contributed by atoms with Crippen molar-refractivity contribution in [3.8, 4) is 0 Å². The largest absolute Gasteiger partial charge is 0.480 e. The first kappa shape index (κ1) is 19.6. The van der Waals surface area contributed by atoms with Crippen LogP contribution in [0, 0.1) is 0 Å². The molecule has 0 aromatic carbocycles. The summed E-state index contributed by atoms with van der Waals surface area (Å²) in [6, 6.07) is 0. The fraction of sp³-hybridized carbons (Fsp3) is 0.467. The Kier molecular flexibility index (Phi) is 8.44. The molecule has 0 bridgehead atoms. The van der Waals surface area contributed by atoms with Gasteiger partial charge in [-0.15, -0.1) is 6.58 Å². The Morgan fingerprint density at radius 2 is 1.91 bits per heavy atom. The van der Waals surface area contributed by atoms with Crippen molar-refractivity contribution in [1.29, 1.82) is 0 Å². The van der Waals surface area contributed by atoms with Gasteiger partial charge in [-0.1, -0.05) is 12.7 Å². The number of aliphatic imine (C=N–C) groups is 1. The van der Waals surface area contributed by atoms with Crippen LogP contribution in [0.25, 0.3) is 0 Å². The third kappa shape index (κ3) is 6.34. The van der Waals surface area contributed by atoms with Crippen LogP contribution in [-0.2, 0) is 9.59 Å². The van der Waals surface area contributed by atoms with Gasteiger partial charge in [0.2, 0.25) is 0 Å². The van der Waals surface area contributed by atoms with Crippen LogP contribution in [-0.4, -0.2) is 58.1 Å². The first-order chi connectivity index (χ1) is 10.2. The summed E-state index contributed by atoms with van der Waals surface area (Å²) in [6.45, 7) is 11.7. The van der Waals surface area contributed by atoms with Crippen LogP contribution in [0.4, 0.5) is 0 Å². The average molecular weight is 308 g/mol. The zero-order valence-corrected chi connectivity index (χ0v) is 13.6. The quantitative estimate of drug-likeness (QED) is 0.230. The van der Waals surface area contributed by atoms with E-state index in [0.717, 1.165) is 0 Å². The van der Waals surface area contributed by atoms with Gasteiger partial charge in [-0.05, 0) is 13.8 Å². The van der Waals surface area contributed by atoms with E-state index in [2.05, 4.69) is 23.3 Å². The zero-order chi connectivity index (χ0) is 17.3. The second-order valence-corrected chi connectivity index (χ2v) is 4.69. The van der Waals surface area contributed by atoms with E-state index in [1.54, 1.807) is 31.9 Å². The molecule has 22 heavy (non-hydrogen) atoms. The number of amidine groups is 1. The highest BCUT2D eigenvalue weighted by Crippen LogP contribution is 2.08. The van der Waals surface area contributed by atoms with E-state index in [0.29, 0.717) is 5.84 Å². The van der Waals surface area contributed by atoms with Crippen molar-refractivity contribution in [3.05, 3.63) is 25.4 Å². The number of allylic oxidation sites excluding steroid dienone is 1. The summed E-state index contributed by atoms with van der Waals surface area (Å²) in [4.78, 5) is 28.4. The second-order valence-electron chi connectivity index (χ2n) is 4.69. The van der Waals surface area contributed by atoms with Crippen molar-refractivity contribution in [1.82, 2.24) is 9.91 Å². The van der Waals surface area contributed by atoms with Crippen LogP contribution in [0.15, 0.2) is 35.5 Å². The minimum atomic E-state index is -1.04. The summed E-state index contributed by atoms with van der Waals surface area (Å²) in [5.74, 6) is -0.605. The summed E-state index contributed by atoms with van der Waals surface area (Å²) in [6.07, 6.45) is 2.83. The molecule has 0 rings (SSSR count). The molecule has 0 aromatic rings. The molecule has 0 saturated heterocycles. The lowest BCUT2D eigenvalue weighted by atomic mass is 10.2. The van der Waals surface area contributed by atoms with Gasteiger partial charge < -0.3 is 10.0 Å². The number of aliphatic carboxylic acids is 1. The highest BCUT2D eigenvalue weighted by Gasteiger charge is 2.21. The molecular formula is C15H24N4O3. The molecule has 0 aliphatic rings. The average Bonchev–Trinajstić information content (AvgIpc) is 2.43. The molecule has 0 aliphatic heterocycles. The van der Waals surface area contributed by atoms with E-state index in [4.69, 9.17) is 5.11 Å². The number of ketones is 1. The zero-order valence-electron chi connectivity index (χ0n) is 13.6. The van der Waals surface area contributed by atoms with Gasteiger partial charge in [-0.3, -0.25) is 14.6 Å². The molecule has 0 fully saturated rings. The number of hydrogen-bond acceptors (Lipinski definition) is 5. The minimum absolute atomic E-state index is 0.221. The number of hydrogen-bond donors (Lipinski definition) is 1. The van der Waals surface area contributed by atoms with Gasteiger partial charge in [-0.2, -0.15) is 5.10 Å². The van der Waals surface area contributed by atoms with Crippen LogP contribution in [0.5, 0.6) is 0 Å². The summed E-state index contributed by atoms with van der Waals surface area (Å²) < 4.78 is 0. The molecule has 0 heterocycles. The normalized spacial score (nSPS) is 13.3. The van der Waals surface area contributed by atoms with Gasteiger partial charge in [-0.25, -0.2) is 4.99 Å². The summed E-state index contributed by atoms with van der Waals surface area (Å²) in [5.41, 5.74) is 0.259. The smallest absolute Gasteiger partial charge is 0.324 e. The fourth-order valence-electron chi connectivity index (χ4n) is 1.63. The first-order valence-corrected chi connectivity index (χ1v) is 6.80. The number of carbonyl (C=O) groups excluding carboxylic acids is 1. The molecule has 0 amide bonds. The first-order valence-electron chi connectivity index (χ1n) is 6.80. The van der Waals surface area contributed by atoms with E-state index in [1.165, 1.54) is 18.1 Å². The molecule has 122 valence electrons. The van der Waals surface area contributed by atoms with Crippen molar-refractivity contribution in [2.75, 3.05) is 13.6 Å². The predicted molar refractivity (Wildman–Crippen MR) is 87.8 cm³/mol. The van der Waals surface area contributed by atoms with Crippen LogP contribution in [0.2, 0.25) is 0 Å². The van der Waals surface area contributed by atoms with Crippen LogP contribution >= 0.6 is 0 Å². The third-order valence-electron chi connectivity index (χ3n) is 3.07. The Labute approximate surface area is 131 Å². The maximum atomic E-state index is 11.6. The summed E-state index contributed by atoms with van der Waals surface area (Å²) in [7, 11) is 1.76. The van der Waals surface area contributed by atoms with Crippen molar-refractivity contribution >= 4 is 23.3 Å². The number of rotatable bonds is 9. The highest BCUT2D eigenvalue weighted by atomic mass is 16.4. The number of hydrazone groups is 1. The van der Waals surface area contributed by atoms with Gasteiger partial charge in [0, 0.05) is 26.6 Å². The van der Waals surface area contributed by atoms with Crippen molar-refractivity contribution in [2.24, 2.45) is 10.1 Å². The fourth-order valence-corrected chi connectivity index (χ4v) is 1.63. The maximum absolute atomic E-state index is 11.6. The Morgan fingerprint density at radius 3 is 2.32 bits per heavy atom. The number of nitrogens with zero attached hydrogens (tertiary/aromatic N) is 4. The summed E-state index contributed by atoms with van der Waals surface area (Å²) >= 11 is 0.